The maximum atomic E-state index is 12.5. The molecule has 0 aliphatic heterocycles. The summed E-state index contributed by atoms with van der Waals surface area (Å²) in [6.07, 6.45) is 1.58. The molecule has 6 nitrogen and oxygen atoms in total. The Labute approximate surface area is 178 Å². The first kappa shape index (κ1) is 23.3. The number of methoxy groups -OCH3 is 2. The first-order chi connectivity index (χ1) is 13.9. The number of phenolic OH excluding ortho intramolecular Hbond substituents is 1. The van der Waals surface area contributed by atoms with Gasteiger partial charge >= 0.3 is 0 Å². The Bertz CT molecular complexity index is 893. The number of carbonyl (C=O) groups is 1. The molecule has 0 bridgehead atoms. The van der Waals surface area contributed by atoms with Crippen molar-refractivity contribution in [3.05, 3.63) is 52.6 Å². The van der Waals surface area contributed by atoms with Gasteiger partial charge in [-0.2, -0.15) is 5.10 Å². The van der Waals surface area contributed by atoms with E-state index in [1.807, 2.05) is 53.7 Å². The quantitative estimate of drug-likeness (QED) is 0.548. The van der Waals surface area contributed by atoms with Crippen molar-refractivity contribution in [1.82, 2.24) is 5.43 Å². The summed E-state index contributed by atoms with van der Waals surface area (Å²) in [5.41, 5.74) is 4.89. The third kappa shape index (κ3) is 5.53. The second kappa shape index (κ2) is 8.78. The fourth-order valence-electron chi connectivity index (χ4n) is 3.04. The molecule has 0 aromatic heterocycles. The number of hydrogen-bond acceptors (Lipinski definition) is 5. The highest BCUT2D eigenvalue weighted by molar-refractivity contribution is 5.95. The predicted molar refractivity (Wildman–Crippen MR) is 120 cm³/mol. The van der Waals surface area contributed by atoms with Gasteiger partial charge in [0.2, 0.25) is 0 Å². The van der Waals surface area contributed by atoms with E-state index >= 15 is 0 Å². The molecule has 0 spiro atoms. The summed E-state index contributed by atoms with van der Waals surface area (Å²) in [5.74, 6) is 0.965. The lowest BCUT2D eigenvalue weighted by Gasteiger charge is -2.27. The number of aromatic hydroxyl groups is 1. The molecule has 0 saturated heterocycles. The molecule has 0 saturated carbocycles. The molecule has 6 heteroatoms. The second-order valence-corrected chi connectivity index (χ2v) is 9.27. The van der Waals surface area contributed by atoms with Gasteiger partial charge in [0.15, 0.2) is 0 Å². The van der Waals surface area contributed by atoms with Gasteiger partial charge in [0.05, 0.1) is 20.4 Å². The van der Waals surface area contributed by atoms with Crippen molar-refractivity contribution in [2.24, 2.45) is 5.10 Å². The molecule has 2 aromatic rings. The molecule has 2 N–H and O–H groups in total. The van der Waals surface area contributed by atoms with Crippen molar-refractivity contribution in [3.8, 4) is 17.2 Å². The van der Waals surface area contributed by atoms with Crippen LogP contribution in [0.2, 0.25) is 0 Å². The lowest BCUT2D eigenvalue weighted by Crippen LogP contribution is -2.19. The zero-order chi connectivity index (χ0) is 22.7. The van der Waals surface area contributed by atoms with Gasteiger partial charge in [-0.05, 0) is 40.7 Å². The predicted octanol–water partition coefficient (Wildman–Crippen LogP) is 4.77. The molecule has 0 heterocycles. The zero-order valence-corrected chi connectivity index (χ0v) is 19.1. The summed E-state index contributed by atoms with van der Waals surface area (Å²) in [4.78, 5) is 12.5. The Morgan fingerprint density at radius 2 is 1.37 bits per heavy atom. The summed E-state index contributed by atoms with van der Waals surface area (Å²) in [7, 11) is 3.05. The van der Waals surface area contributed by atoms with Gasteiger partial charge in [-0.25, -0.2) is 5.43 Å². The van der Waals surface area contributed by atoms with E-state index in [2.05, 4.69) is 10.5 Å². The minimum absolute atomic E-state index is 0.242. The molecule has 0 fully saturated rings. The molecule has 0 radical (unpaired) electrons. The molecular weight excluding hydrogens is 380 g/mol. The van der Waals surface area contributed by atoms with Crippen LogP contribution in [0.25, 0.3) is 0 Å². The number of ether oxygens (including phenoxy) is 2. The highest BCUT2D eigenvalue weighted by atomic mass is 16.5. The van der Waals surface area contributed by atoms with E-state index in [4.69, 9.17) is 9.47 Å². The molecule has 2 rings (SSSR count). The average Bonchev–Trinajstić information content (AvgIpc) is 2.66. The molecule has 0 aliphatic rings. The number of hydrazone groups is 1. The van der Waals surface area contributed by atoms with Crippen molar-refractivity contribution < 1.29 is 19.4 Å². The minimum atomic E-state index is -0.380. The van der Waals surface area contributed by atoms with Crippen LogP contribution in [-0.2, 0) is 10.8 Å². The van der Waals surface area contributed by atoms with Crippen molar-refractivity contribution in [2.45, 2.75) is 52.4 Å². The Hall–Kier alpha value is -3.02. The number of nitrogens with one attached hydrogen (secondary N) is 1. The van der Waals surface area contributed by atoms with Crippen LogP contribution in [0.5, 0.6) is 17.2 Å². The third-order valence-electron chi connectivity index (χ3n) is 4.74. The van der Waals surface area contributed by atoms with E-state index < -0.39 is 0 Å². The van der Waals surface area contributed by atoms with Gasteiger partial charge in [0.25, 0.3) is 5.91 Å². The molecule has 1 amide bonds. The third-order valence-corrected chi connectivity index (χ3v) is 4.74. The number of carbonyl (C=O) groups excluding carboxylic acids is 1. The molecule has 0 unspecified atom stereocenters. The van der Waals surface area contributed by atoms with E-state index in [1.54, 1.807) is 24.4 Å². The Balaban J connectivity index is 2.33. The second-order valence-electron chi connectivity index (χ2n) is 9.27. The smallest absolute Gasteiger partial charge is 0.271 e. The first-order valence-corrected chi connectivity index (χ1v) is 9.81. The van der Waals surface area contributed by atoms with Gasteiger partial charge < -0.3 is 14.6 Å². The van der Waals surface area contributed by atoms with E-state index in [0.717, 1.165) is 16.7 Å². The van der Waals surface area contributed by atoms with Crippen LogP contribution < -0.4 is 14.9 Å². The van der Waals surface area contributed by atoms with Crippen LogP contribution in [0.15, 0.2) is 35.4 Å². The Kier molecular flexibility index (Phi) is 6.80. The first-order valence-electron chi connectivity index (χ1n) is 9.81. The summed E-state index contributed by atoms with van der Waals surface area (Å²) >= 11 is 0. The van der Waals surface area contributed by atoms with Gasteiger partial charge in [-0.1, -0.05) is 41.5 Å². The molecule has 0 atom stereocenters. The fraction of sp³-hybridized carbons (Fsp3) is 0.417. The van der Waals surface area contributed by atoms with Crippen LogP contribution in [0.4, 0.5) is 0 Å². The Morgan fingerprint density at radius 1 is 0.900 bits per heavy atom. The van der Waals surface area contributed by atoms with E-state index in [1.165, 1.54) is 14.2 Å². The number of amides is 1. The molecule has 0 aliphatic carbocycles. The highest BCUT2D eigenvalue weighted by Crippen LogP contribution is 2.39. The SMILES string of the molecule is COc1cc(OC)cc(C(=O)NN=Cc2cc(C(C)(C)C)c(O)c(C(C)(C)C)c2)c1. The van der Waals surface area contributed by atoms with E-state index in [-0.39, 0.29) is 16.7 Å². The highest BCUT2D eigenvalue weighted by Gasteiger charge is 2.26. The van der Waals surface area contributed by atoms with Gasteiger partial charge in [0.1, 0.15) is 17.2 Å². The minimum Gasteiger partial charge on any atom is -0.507 e. The van der Waals surface area contributed by atoms with Crippen LogP contribution >= 0.6 is 0 Å². The zero-order valence-electron chi connectivity index (χ0n) is 19.1. The monoisotopic (exact) mass is 412 g/mol. The maximum Gasteiger partial charge on any atom is 0.271 e. The van der Waals surface area contributed by atoms with Gasteiger partial charge in [-0.15, -0.1) is 0 Å². The van der Waals surface area contributed by atoms with Gasteiger partial charge in [-0.3, -0.25) is 4.79 Å². The fourth-order valence-corrected chi connectivity index (χ4v) is 3.04. The summed E-state index contributed by atoms with van der Waals surface area (Å²) in [6.45, 7) is 12.3. The average molecular weight is 413 g/mol. The molecule has 2 aromatic carbocycles. The molecular formula is C24H32N2O4. The van der Waals surface area contributed by atoms with Crippen LogP contribution in [0.1, 0.15) is 68.6 Å². The topological polar surface area (TPSA) is 80.2 Å². The summed E-state index contributed by atoms with van der Waals surface area (Å²) in [6, 6.07) is 8.72. The van der Waals surface area contributed by atoms with Crippen molar-refractivity contribution >= 4 is 12.1 Å². The van der Waals surface area contributed by atoms with Gasteiger partial charge in [0, 0.05) is 22.8 Å². The van der Waals surface area contributed by atoms with E-state index in [0.29, 0.717) is 22.8 Å². The normalized spacial score (nSPS) is 12.1. The number of rotatable bonds is 5. The molecule has 162 valence electrons. The standard InChI is InChI=1S/C24H32N2O4/c1-23(2,3)19-9-15(10-20(21(19)27)24(4,5)6)14-25-26-22(28)16-11-17(29-7)13-18(12-16)30-8/h9-14,27H,1-8H3,(H,26,28). The number of nitrogens with zero attached hydrogens (tertiary/aromatic N) is 1. The van der Waals surface area contributed by atoms with Crippen LogP contribution in [-0.4, -0.2) is 31.4 Å². The number of benzene rings is 2. The van der Waals surface area contributed by atoms with Crippen molar-refractivity contribution in [3.63, 3.8) is 0 Å². The van der Waals surface area contributed by atoms with Crippen molar-refractivity contribution in [2.75, 3.05) is 14.2 Å². The lowest BCUT2D eigenvalue weighted by atomic mass is 9.78. The number of hydrogen-bond donors (Lipinski definition) is 2. The largest absolute Gasteiger partial charge is 0.507 e. The van der Waals surface area contributed by atoms with Crippen LogP contribution in [0.3, 0.4) is 0 Å². The van der Waals surface area contributed by atoms with Crippen LogP contribution in [0, 0.1) is 0 Å². The van der Waals surface area contributed by atoms with Crippen molar-refractivity contribution in [1.29, 1.82) is 0 Å². The summed E-state index contributed by atoms with van der Waals surface area (Å²) in [5, 5.41) is 14.9. The maximum absolute atomic E-state index is 12.5. The lowest BCUT2D eigenvalue weighted by molar-refractivity contribution is 0.0954. The summed E-state index contributed by atoms with van der Waals surface area (Å²) < 4.78 is 10.4. The molecule has 30 heavy (non-hydrogen) atoms. The van der Waals surface area contributed by atoms with E-state index in [9.17, 15) is 9.90 Å². The number of phenols is 1. The Morgan fingerprint density at radius 3 is 1.77 bits per heavy atom.